The molecule has 0 radical (unpaired) electrons. The van der Waals surface area contributed by atoms with Gasteiger partial charge >= 0.3 is 0 Å². The molecule has 0 amide bonds. The molecule has 0 bridgehead atoms. The van der Waals surface area contributed by atoms with Crippen molar-refractivity contribution in [2.24, 2.45) is 0 Å². The van der Waals surface area contributed by atoms with E-state index >= 15 is 0 Å². The van der Waals surface area contributed by atoms with Crippen LogP contribution in [0.2, 0.25) is 0 Å². The summed E-state index contributed by atoms with van der Waals surface area (Å²) >= 11 is 0. The second kappa shape index (κ2) is 5.85. The summed E-state index contributed by atoms with van der Waals surface area (Å²) in [7, 11) is 0. The molecule has 2 aliphatic heterocycles. The highest BCUT2D eigenvalue weighted by Crippen LogP contribution is 2.19. The molecule has 3 rings (SSSR count). The van der Waals surface area contributed by atoms with Crippen molar-refractivity contribution in [1.29, 1.82) is 0 Å². The maximum Gasteiger partial charge on any atom is 0.0236 e. The minimum Gasteiger partial charge on any atom is -0.314 e. The number of hydrogen-bond donors (Lipinski definition) is 1. The molecule has 0 aliphatic carbocycles. The van der Waals surface area contributed by atoms with Crippen molar-refractivity contribution >= 4 is 0 Å². The van der Waals surface area contributed by atoms with Crippen molar-refractivity contribution in [2.75, 3.05) is 19.6 Å². The molecule has 1 N–H and O–H groups in total. The van der Waals surface area contributed by atoms with Crippen molar-refractivity contribution in [3.8, 4) is 0 Å². The van der Waals surface area contributed by atoms with E-state index in [-0.39, 0.29) is 0 Å². The van der Waals surface area contributed by atoms with E-state index in [1.165, 1.54) is 51.7 Å². The fourth-order valence-electron chi connectivity index (χ4n) is 3.25. The molecule has 2 nitrogen and oxygen atoms in total. The highest BCUT2D eigenvalue weighted by atomic mass is 15.1. The minimum atomic E-state index is 0.774. The fraction of sp³-hybridized carbons (Fsp3) is 0.625. The van der Waals surface area contributed by atoms with E-state index in [4.69, 9.17) is 0 Å². The summed E-state index contributed by atoms with van der Waals surface area (Å²) in [4.78, 5) is 2.62. The molecule has 1 fully saturated rings. The number of nitrogens with one attached hydrogen (secondary N) is 1. The second-order valence-electron chi connectivity index (χ2n) is 5.73. The Hall–Kier alpha value is -0.860. The molecule has 0 aromatic heterocycles. The van der Waals surface area contributed by atoms with Crippen LogP contribution in [0.1, 0.15) is 36.8 Å². The van der Waals surface area contributed by atoms with E-state index in [0.29, 0.717) is 0 Å². The van der Waals surface area contributed by atoms with Crippen LogP contribution in [0.4, 0.5) is 0 Å². The molecule has 1 saturated heterocycles. The van der Waals surface area contributed by atoms with Crippen LogP contribution < -0.4 is 5.32 Å². The summed E-state index contributed by atoms with van der Waals surface area (Å²) in [6.07, 6.45) is 6.72. The normalized spacial score (nSPS) is 24.8. The summed E-state index contributed by atoms with van der Waals surface area (Å²) in [5.74, 6) is 0. The van der Waals surface area contributed by atoms with E-state index in [9.17, 15) is 0 Å². The highest BCUT2D eigenvalue weighted by Gasteiger charge is 2.18. The van der Waals surface area contributed by atoms with Crippen LogP contribution in [-0.2, 0) is 13.0 Å². The quantitative estimate of drug-likeness (QED) is 0.879. The zero-order valence-electron chi connectivity index (χ0n) is 11.2. The van der Waals surface area contributed by atoms with Crippen LogP contribution in [0.25, 0.3) is 0 Å². The van der Waals surface area contributed by atoms with Crippen molar-refractivity contribution in [1.82, 2.24) is 10.2 Å². The van der Waals surface area contributed by atoms with Gasteiger partial charge in [-0.2, -0.15) is 0 Å². The smallest absolute Gasteiger partial charge is 0.0236 e. The topological polar surface area (TPSA) is 15.3 Å². The van der Waals surface area contributed by atoms with Gasteiger partial charge in [0.15, 0.2) is 0 Å². The summed E-state index contributed by atoms with van der Waals surface area (Å²) in [5, 5.41) is 3.65. The lowest BCUT2D eigenvalue weighted by Gasteiger charge is -2.31. The van der Waals surface area contributed by atoms with Gasteiger partial charge in [0.05, 0.1) is 0 Å². The van der Waals surface area contributed by atoms with Gasteiger partial charge < -0.3 is 5.32 Å². The van der Waals surface area contributed by atoms with Crippen LogP contribution in [0.3, 0.4) is 0 Å². The molecule has 2 aliphatic rings. The van der Waals surface area contributed by atoms with Crippen molar-refractivity contribution in [3.05, 3.63) is 35.4 Å². The molecule has 1 aromatic carbocycles. The molecule has 2 heterocycles. The van der Waals surface area contributed by atoms with Gasteiger partial charge in [-0.25, -0.2) is 0 Å². The Morgan fingerprint density at radius 3 is 2.89 bits per heavy atom. The summed E-state index contributed by atoms with van der Waals surface area (Å²) in [5.41, 5.74) is 3.10. The standard InChI is InChI=1S/C16H24N2/c1-2-6-15-13-18(11-8-14(15)5-1)12-9-16-7-3-4-10-17-16/h1-2,5-6,16-17H,3-4,7-13H2/t16-/m0/s1. The van der Waals surface area contributed by atoms with Crippen LogP contribution in [0, 0.1) is 0 Å². The largest absolute Gasteiger partial charge is 0.314 e. The molecule has 1 aromatic rings. The first-order valence-electron chi connectivity index (χ1n) is 7.44. The van der Waals surface area contributed by atoms with Gasteiger partial charge in [-0.3, -0.25) is 4.90 Å². The van der Waals surface area contributed by atoms with Crippen LogP contribution in [0.5, 0.6) is 0 Å². The van der Waals surface area contributed by atoms with Gasteiger partial charge in [0.25, 0.3) is 0 Å². The number of hydrogen-bond acceptors (Lipinski definition) is 2. The Labute approximate surface area is 110 Å². The van der Waals surface area contributed by atoms with Crippen LogP contribution >= 0.6 is 0 Å². The number of rotatable bonds is 3. The van der Waals surface area contributed by atoms with E-state index in [1.807, 2.05) is 0 Å². The van der Waals surface area contributed by atoms with E-state index in [1.54, 1.807) is 11.1 Å². The third kappa shape index (κ3) is 2.93. The maximum atomic E-state index is 3.65. The molecule has 2 heteroatoms. The third-order valence-electron chi connectivity index (χ3n) is 4.42. The first-order chi connectivity index (χ1) is 8.92. The summed E-state index contributed by atoms with van der Waals surface area (Å²) in [6, 6.07) is 9.69. The first kappa shape index (κ1) is 12.2. The summed E-state index contributed by atoms with van der Waals surface area (Å²) < 4.78 is 0. The molecular weight excluding hydrogens is 220 g/mol. The lowest BCUT2D eigenvalue weighted by atomic mass is 9.98. The van der Waals surface area contributed by atoms with E-state index in [0.717, 1.165) is 12.6 Å². The number of fused-ring (bicyclic) bond motifs is 1. The molecule has 18 heavy (non-hydrogen) atoms. The summed E-state index contributed by atoms with van der Waals surface area (Å²) in [6.45, 7) is 4.88. The van der Waals surface area contributed by atoms with Crippen LogP contribution in [0.15, 0.2) is 24.3 Å². The van der Waals surface area contributed by atoms with E-state index in [2.05, 4.69) is 34.5 Å². The first-order valence-corrected chi connectivity index (χ1v) is 7.44. The Balaban J connectivity index is 1.50. The Morgan fingerprint density at radius 1 is 1.17 bits per heavy atom. The average Bonchev–Trinajstić information content (AvgIpc) is 2.46. The molecule has 98 valence electrons. The zero-order valence-corrected chi connectivity index (χ0v) is 11.2. The predicted molar refractivity (Wildman–Crippen MR) is 75.7 cm³/mol. The van der Waals surface area contributed by atoms with Crippen molar-refractivity contribution in [3.63, 3.8) is 0 Å². The number of piperidine rings is 1. The third-order valence-corrected chi connectivity index (χ3v) is 4.42. The lowest BCUT2D eigenvalue weighted by Crippen LogP contribution is -2.38. The lowest BCUT2D eigenvalue weighted by molar-refractivity contribution is 0.230. The van der Waals surface area contributed by atoms with Crippen LogP contribution in [-0.4, -0.2) is 30.6 Å². The maximum absolute atomic E-state index is 3.65. The van der Waals surface area contributed by atoms with Gasteiger partial charge in [0.1, 0.15) is 0 Å². The zero-order chi connectivity index (χ0) is 12.2. The molecular formula is C16H24N2. The monoisotopic (exact) mass is 244 g/mol. The average molecular weight is 244 g/mol. The van der Waals surface area contributed by atoms with Gasteiger partial charge in [-0.05, 0) is 49.9 Å². The second-order valence-corrected chi connectivity index (χ2v) is 5.73. The molecule has 0 saturated carbocycles. The van der Waals surface area contributed by atoms with Crippen molar-refractivity contribution in [2.45, 2.75) is 44.7 Å². The predicted octanol–water partition coefficient (Wildman–Crippen LogP) is 2.58. The van der Waals surface area contributed by atoms with Gasteiger partial charge in [-0.15, -0.1) is 0 Å². The Morgan fingerprint density at radius 2 is 2.06 bits per heavy atom. The molecule has 0 unspecified atom stereocenters. The minimum absolute atomic E-state index is 0.774. The molecule has 0 spiro atoms. The number of benzene rings is 1. The van der Waals surface area contributed by atoms with Crippen molar-refractivity contribution < 1.29 is 0 Å². The Kier molecular flexibility index (Phi) is 3.96. The number of nitrogens with zero attached hydrogens (tertiary/aromatic N) is 1. The van der Waals surface area contributed by atoms with Gasteiger partial charge in [0.2, 0.25) is 0 Å². The SMILES string of the molecule is c1ccc2c(c1)CCN(CC[C@@H]1CCCCN1)C2. The van der Waals surface area contributed by atoms with Gasteiger partial charge in [0, 0.05) is 19.1 Å². The molecule has 1 atom stereocenters. The van der Waals surface area contributed by atoms with Gasteiger partial charge in [-0.1, -0.05) is 30.7 Å². The van der Waals surface area contributed by atoms with E-state index < -0.39 is 0 Å². The Bertz CT molecular complexity index is 382. The highest BCUT2D eigenvalue weighted by molar-refractivity contribution is 5.28. The fourth-order valence-corrected chi connectivity index (χ4v) is 3.25.